The van der Waals surface area contributed by atoms with Crippen molar-refractivity contribution in [3.63, 3.8) is 0 Å². The van der Waals surface area contributed by atoms with Gasteiger partial charge in [-0.1, -0.05) is 13.8 Å². The predicted molar refractivity (Wildman–Crippen MR) is 36.5 cm³/mol. The van der Waals surface area contributed by atoms with Crippen LogP contribution in [0.25, 0.3) is 0 Å². The average molecular weight is 116 g/mol. The molecule has 0 saturated heterocycles. The van der Waals surface area contributed by atoms with Crippen molar-refractivity contribution in [1.82, 2.24) is 0 Å². The lowest BCUT2D eigenvalue weighted by Gasteiger charge is -2.14. The van der Waals surface area contributed by atoms with Crippen molar-refractivity contribution in [1.29, 1.82) is 0 Å². The minimum Gasteiger partial charge on any atom is -0.330 e. The lowest BCUT2D eigenvalue weighted by molar-refractivity contribution is 0.454. The molecule has 0 aliphatic carbocycles. The van der Waals surface area contributed by atoms with Gasteiger partial charge >= 0.3 is 0 Å². The van der Waals surface area contributed by atoms with Gasteiger partial charge in [0.1, 0.15) is 0 Å². The normalized spacial score (nSPS) is 18.0. The van der Waals surface area contributed by atoms with Gasteiger partial charge in [0, 0.05) is 6.04 Å². The van der Waals surface area contributed by atoms with E-state index in [1.54, 1.807) is 0 Å². The van der Waals surface area contributed by atoms with E-state index in [9.17, 15) is 0 Å². The van der Waals surface area contributed by atoms with Crippen LogP contribution >= 0.6 is 0 Å². The van der Waals surface area contributed by atoms with Gasteiger partial charge in [-0.05, 0) is 18.9 Å². The predicted octanol–water partition coefficient (Wildman–Crippen LogP) is 0.318. The molecule has 0 aromatic rings. The van der Waals surface area contributed by atoms with Gasteiger partial charge < -0.3 is 11.5 Å². The maximum atomic E-state index is 5.65. The van der Waals surface area contributed by atoms with Gasteiger partial charge in [-0.15, -0.1) is 0 Å². The molecule has 0 aliphatic rings. The van der Waals surface area contributed by atoms with Gasteiger partial charge in [-0.3, -0.25) is 0 Å². The third-order valence-electron chi connectivity index (χ3n) is 1.57. The summed E-state index contributed by atoms with van der Waals surface area (Å²) in [6, 6.07) is 0.292. The van der Waals surface area contributed by atoms with Crippen LogP contribution in [0.1, 0.15) is 20.3 Å². The number of hydrogen-bond acceptors (Lipinski definition) is 2. The Bertz CT molecular complexity index is 46.5. The zero-order chi connectivity index (χ0) is 6.57. The van der Waals surface area contributed by atoms with E-state index >= 15 is 0 Å². The fraction of sp³-hybridized carbons (Fsp3) is 1.00. The van der Waals surface area contributed by atoms with Crippen LogP contribution in [0.4, 0.5) is 0 Å². The van der Waals surface area contributed by atoms with E-state index in [1.807, 2.05) is 0 Å². The molecular formula is C6H16N2. The molecule has 0 bridgehead atoms. The first-order valence-electron chi connectivity index (χ1n) is 3.18. The van der Waals surface area contributed by atoms with Crippen molar-refractivity contribution >= 4 is 0 Å². The smallest absolute Gasteiger partial charge is 0.00739 e. The molecule has 0 radical (unpaired) electrons. The molecule has 2 heteroatoms. The van der Waals surface area contributed by atoms with E-state index in [1.165, 1.54) is 0 Å². The molecule has 0 spiro atoms. The quantitative estimate of drug-likeness (QED) is 0.558. The fourth-order valence-electron chi connectivity index (χ4n) is 0.577. The van der Waals surface area contributed by atoms with Crippen molar-refractivity contribution in [2.24, 2.45) is 17.4 Å². The van der Waals surface area contributed by atoms with Gasteiger partial charge in [0.2, 0.25) is 0 Å². The molecule has 8 heavy (non-hydrogen) atoms. The molecule has 0 amide bonds. The fourth-order valence-corrected chi connectivity index (χ4v) is 0.577. The third-order valence-corrected chi connectivity index (χ3v) is 1.57. The Morgan fingerprint density at radius 1 is 1.50 bits per heavy atom. The van der Waals surface area contributed by atoms with Gasteiger partial charge in [-0.25, -0.2) is 0 Å². The Morgan fingerprint density at radius 2 is 2.00 bits per heavy atom. The Morgan fingerprint density at radius 3 is 2.12 bits per heavy atom. The average Bonchev–Trinajstić information content (AvgIpc) is 1.84. The monoisotopic (exact) mass is 116 g/mol. The lowest BCUT2D eigenvalue weighted by Crippen LogP contribution is -2.32. The Kier molecular flexibility index (Phi) is 3.83. The van der Waals surface area contributed by atoms with E-state index in [0.717, 1.165) is 6.42 Å². The molecule has 0 aromatic carbocycles. The lowest BCUT2D eigenvalue weighted by atomic mass is 10.0. The van der Waals surface area contributed by atoms with E-state index in [4.69, 9.17) is 11.5 Å². The molecule has 2 nitrogen and oxygen atoms in total. The molecule has 0 aliphatic heterocycles. The summed E-state index contributed by atoms with van der Waals surface area (Å²) in [6.07, 6.45) is 1.03. The Balaban J connectivity index is 3.29. The zero-order valence-electron chi connectivity index (χ0n) is 5.72. The summed E-state index contributed by atoms with van der Waals surface area (Å²) >= 11 is 0. The molecule has 0 aromatic heterocycles. The van der Waals surface area contributed by atoms with Gasteiger partial charge in [0.15, 0.2) is 0 Å². The maximum absolute atomic E-state index is 5.65. The molecule has 0 saturated carbocycles. The van der Waals surface area contributed by atoms with Gasteiger partial charge in [-0.2, -0.15) is 0 Å². The molecule has 0 heterocycles. The highest BCUT2D eigenvalue weighted by atomic mass is 14.7. The third kappa shape index (κ3) is 2.28. The number of nitrogens with two attached hydrogens (primary N) is 2. The molecule has 0 rings (SSSR count). The highest BCUT2D eigenvalue weighted by Crippen LogP contribution is 1.99. The van der Waals surface area contributed by atoms with Crippen molar-refractivity contribution in [3.05, 3.63) is 0 Å². The van der Waals surface area contributed by atoms with Crippen LogP contribution in [-0.2, 0) is 0 Å². The molecule has 4 N–H and O–H groups in total. The van der Waals surface area contributed by atoms with Crippen LogP contribution in [0.15, 0.2) is 0 Å². The highest BCUT2D eigenvalue weighted by Gasteiger charge is 2.06. The topological polar surface area (TPSA) is 52.0 Å². The maximum Gasteiger partial charge on any atom is 0.00739 e. The molecule has 50 valence electrons. The first kappa shape index (κ1) is 7.92. The highest BCUT2D eigenvalue weighted by molar-refractivity contribution is 4.66. The van der Waals surface area contributed by atoms with Crippen molar-refractivity contribution in [2.45, 2.75) is 26.3 Å². The van der Waals surface area contributed by atoms with Crippen LogP contribution in [0.3, 0.4) is 0 Å². The summed E-state index contributed by atoms with van der Waals surface area (Å²) in [4.78, 5) is 0. The standard InChI is InChI=1S/C6H16N2/c1-3-6(8)5(2)4-7/h5-6H,3-4,7-8H2,1-2H3. The summed E-state index contributed by atoms with van der Waals surface area (Å²) in [5.41, 5.74) is 11.0. The summed E-state index contributed by atoms with van der Waals surface area (Å²) in [6.45, 7) is 4.86. The van der Waals surface area contributed by atoms with Crippen LogP contribution < -0.4 is 11.5 Å². The second kappa shape index (κ2) is 3.87. The van der Waals surface area contributed by atoms with Crippen molar-refractivity contribution in [2.75, 3.05) is 6.54 Å². The van der Waals surface area contributed by atoms with Gasteiger partial charge in [0.05, 0.1) is 0 Å². The van der Waals surface area contributed by atoms with E-state index in [0.29, 0.717) is 18.5 Å². The Labute approximate surface area is 51.2 Å². The minimum absolute atomic E-state index is 0.292. The Hall–Kier alpha value is -0.0800. The van der Waals surface area contributed by atoms with E-state index in [2.05, 4.69) is 13.8 Å². The largest absolute Gasteiger partial charge is 0.330 e. The molecule has 2 atom stereocenters. The molecule has 0 fully saturated rings. The van der Waals surface area contributed by atoms with Crippen LogP contribution in [0, 0.1) is 5.92 Å². The van der Waals surface area contributed by atoms with Crippen molar-refractivity contribution < 1.29 is 0 Å². The van der Waals surface area contributed by atoms with Crippen LogP contribution in [-0.4, -0.2) is 12.6 Å². The minimum atomic E-state index is 0.292. The van der Waals surface area contributed by atoms with Crippen molar-refractivity contribution in [3.8, 4) is 0 Å². The second-order valence-electron chi connectivity index (χ2n) is 2.29. The SMILES string of the molecule is CCC(N)C(C)CN. The first-order chi connectivity index (χ1) is 3.72. The first-order valence-corrected chi connectivity index (χ1v) is 3.18. The van der Waals surface area contributed by atoms with Crippen LogP contribution in [0.2, 0.25) is 0 Å². The summed E-state index contributed by atoms with van der Waals surface area (Å²) < 4.78 is 0. The summed E-state index contributed by atoms with van der Waals surface area (Å²) in [7, 11) is 0. The number of rotatable bonds is 3. The van der Waals surface area contributed by atoms with Gasteiger partial charge in [0.25, 0.3) is 0 Å². The molecule has 2 unspecified atom stereocenters. The molecular weight excluding hydrogens is 100 g/mol. The van der Waals surface area contributed by atoms with E-state index < -0.39 is 0 Å². The summed E-state index contributed by atoms with van der Waals surface area (Å²) in [5, 5.41) is 0. The second-order valence-corrected chi connectivity index (χ2v) is 2.29. The zero-order valence-corrected chi connectivity index (χ0v) is 5.72. The van der Waals surface area contributed by atoms with E-state index in [-0.39, 0.29) is 0 Å². The van der Waals surface area contributed by atoms with Crippen LogP contribution in [0.5, 0.6) is 0 Å². The summed E-state index contributed by atoms with van der Waals surface area (Å²) in [5.74, 6) is 0.472. The number of hydrogen-bond donors (Lipinski definition) is 2.